The summed E-state index contributed by atoms with van der Waals surface area (Å²) in [5, 5.41) is 0.482. The highest BCUT2D eigenvalue weighted by atomic mass is 32.1. The lowest BCUT2D eigenvalue weighted by Gasteiger charge is -2.07. The minimum absolute atomic E-state index is 0.0268. The molecule has 0 saturated carbocycles. The van der Waals surface area contributed by atoms with Gasteiger partial charge in [0.2, 0.25) is 0 Å². The van der Waals surface area contributed by atoms with Gasteiger partial charge in [-0.05, 0) is 38.5 Å². The topological polar surface area (TPSA) is 47.9 Å². The van der Waals surface area contributed by atoms with Crippen LogP contribution in [0.25, 0.3) is 0 Å². The van der Waals surface area contributed by atoms with Crippen molar-refractivity contribution in [3.05, 3.63) is 45.8 Å². The molecule has 24 heavy (non-hydrogen) atoms. The van der Waals surface area contributed by atoms with E-state index < -0.39 is 12.6 Å². The van der Waals surface area contributed by atoms with Crippen molar-refractivity contribution < 1.29 is 23.0 Å². The van der Waals surface area contributed by atoms with E-state index >= 15 is 0 Å². The van der Waals surface area contributed by atoms with E-state index in [4.69, 9.17) is 4.74 Å². The number of aryl methyl sites for hydroxylation is 1. The van der Waals surface area contributed by atoms with Crippen molar-refractivity contribution in [3.63, 3.8) is 0 Å². The first kappa shape index (κ1) is 18.1. The van der Waals surface area contributed by atoms with E-state index in [1.54, 1.807) is 25.1 Å². The molecule has 0 radical (unpaired) electrons. The summed E-state index contributed by atoms with van der Waals surface area (Å²) in [5.41, 5.74) is 1.61. The summed E-state index contributed by atoms with van der Waals surface area (Å²) in [6.45, 7) is 2.79. The Morgan fingerprint density at radius 1 is 1.33 bits per heavy atom. The smallest absolute Gasteiger partial charge is 0.387 e. The van der Waals surface area contributed by atoms with Crippen LogP contribution in [0.3, 0.4) is 0 Å². The van der Waals surface area contributed by atoms with Crippen molar-refractivity contribution in [2.75, 3.05) is 6.61 Å². The lowest BCUT2D eigenvalue weighted by Crippen LogP contribution is -2.05. The SMILES string of the molecule is CCOC(=O)c1c(N=Cc2ccccc2OC(F)F)sc(C)c1C. The van der Waals surface area contributed by atoms with Crippen LogP contribution in [0.5, 0.6) is 5.75 Å². The van der Waals surface area contributed by atoms with Crippen LogP contribution in [-0.2, 0) is 4.74 Å². The molecule has 1 aromatic heterocycles. The summed E-state index contributed by atoms with van der Waals surface area (Å²) < 4.78 is 34.4. The molecule has 1 heterocycles. The molecule has 0 spiro atoms. The molecule has 0 amide bonds. The minimum atomic E-state index is -2.92. The molecule has 7 heteroatoms. The normalized spacial score (nSPS) is 11.2. The van der Waals surface area contributed by atoms with E-state index in [1.165, 1.54) is 23.6 Å². The molecule has 0 bridgehead atoms. The first-order valence-electron chi connectivity index (χ1n) is 7.29. The lowest BCUT2D eigenvalue weighted by atomic mass is 10.1. The quantitative estimate of drug-likeness (QED) is 0.548. The van der Waals surface area contributed by atoms with E-state index in [9.17, 15) is 13.6 Å². The van der Waals surface area contributed by atoms with Gasteiger partial charge < -0.3 is 9.47 Å². The zero-order valence-corrected chi connectivity index (χ0v) is 14.3. The van der Waals surface area contributed by atoms with E-state index in [2.05, 4.69) is 9.73 Å². The van der Waals surface area contributed by atoms with Gasteiger partial charge in [-0.1, -0.05) is 12.1 Å². The first-order valence-corrected chi connectivity index (χ1v) is 8.10. The monoisotopic (exact) mass is 353 g/mol. The number of benzene rings is 1. The van der Waals surface area contributed by atoms with Gasteiger partial charge >= 0.3 is 12.6 Å². The van der Waals surface area contributed by atoms with Gasteiger partial charge in [-0.2, -0.15) is 8.78 Å². The largest absolute Gasteiger partial charge is 0.462 e. The molecule has 0 aliphatic heterocycles. The number of nitrogens with zero attached hydrogens (tertiary/aromatic N) is 1. The van der Waals surface area contributed by atoms with E-state index in [-0.39, 0.29) is 12.4 Å². The third-order valence-corrected chi connectivity index (χ3v) is 4.42. The number of hydrogen-bond acceptors (Lipinski definition) is 5. The van der Waals surface area contributed by atoms with Gasteiger partial charge in [0.1, 0.15) is 10.8 Å². The maximum Gasteiger partial charge on any atom is 0.387 e. The molecule has 0 unspecified atom stereocenters. The number of esters is 1. The zero-order valence-electron chi connectivity index (χ0n) is 13.5. The fraction of sp³-hybridized carbons (Fsp3) is 0.294. The van der Waals surface area contributed by atoms with Gasteiger partial charge in [0.15, 0.2) is 0 Å². The number of ether oxygens (including phenoxy) is 2. The predicted molar refractivity (Wildman–Crippen MR) is 90.1 cm³/mol. The van der Waals surface area contributed by atoms with Gasteiger partial charge in [-0.25, -0.2) is 9.79 Å². The highest BCUT2D eigenvalue weighted by Crippen LogP contribution is 2.35. The van der Waals surface area contributed by atoms with E-state index in [0.717, 1.165) is 10.4 Å². The Bertz CT molecular complexity index is 756. The molecule has 2 aromatic rings. The summed E-state index contributed by atoms with van der Waals surface area (Å²) in [7, 11) is 0. The van der Waals surface area contributed by atoms with Crippen molar-refractivity contribution in [1.29, 1.82) is 0 Å². The number of alkyl halides is 2. The Hall–Kier alpha value is -2.28. The van der Waals surface area contributed by atoms with E-state index in [0.29, 0.717) is 16.1 Å². The number of carbonyl (C=O) groups excluding carboxylic acids is 1. The zero-order chi connectivity index (χ0) is 17.7. The maximum atomic E-state index is 12.4. The molecule has 1 aromatic carbocycles. The Balaban J connectivity index is 2.37. The molecule has 128 valence electrons. The number of aliphatic imine (C=N–C) groups is 1. The van der Waals surface area contributed by atoms with Crippen molar-refractivity contribution in [2.24, 2.45) is 4.99 Å². The lowest BCUT2D eigenvalue weighted by molar-refractivity contribution is -0.0499. The van der Waals surface area contributed by atoms with Crippen LogP contribution in [0.4, 0.5) is 13.8 Å². The number of rotatable bonds is 6. The van der Waals surface area contributed by atoms with Crippen LogP contribution in [0.15, 0.2) is 29.3 Å². The average Bonchev–Trinajstić information content (AvgIpc) is 2.81. The van der Waals surface area contributed by atoms with Gasteiger partial charge in [-0.15, -0.1) is 11.3 Å². The third kappa shape index (κ3) is 4.17. The molecule has 0 aliphatic rings. The fourth-order valence-corrected chi connectivity index (χ4v) is 3.05. The Morgan fingerprint density at radius 2 is 2.04 bits per heavy atom. The van der Waals surface area contributed by atoms with Crippen LogP contribution in [0.2, 0.25) is 0 Å². The van der Waals surface area contributed by atoms with Crippen LogP contribution in [0, 0.1) is 13.8 Å². The molecule has 0 atom stereocenters. The van der Waals surface area contributed by atoms with Crippen molar-refractivity contribution in [1.82, 2.24) is 0 Å². The molecule has 0 fully saturated rings. The number of halogens is 2. The van der Waals surface area contributed by atoms with Crippen LogP contribution < -0.4 is 4.74 Å². The van der Waals surface area contributed by atoms with Crippen molar-refractivity contribution >= 4 is 28.5 Å². The average molecular weight is 353 g/mol. The summed E-state index contributed by atoms with van der Waals surface area (Å²) in [5.74, 6) is -0.414. The molecule has 0 saturated heterocycles. The molecule has 0 aliphatic carbocycles. The Morgan fingerprint density at radius 3 is 2.71 bits per heavy atom. The predicted octanol–water partition coefficient (Wildman–Crippen LogP) is 4.89. The molecule has 2 rings (SSSR count). The van der Waals surface area contributed by atoms with E-state index in [1.807, 2.05) is 13.8 Å². The second-order valence-electron chi connectivity index (χ2n) is 4.86. The van der Waals surface area contributed by atoms with Crippen molar-refractivity contribution in [3.8, 4) is 5.75 Å². The number of para-hydroxylation sites is 1. The minimum Gasteiger partial charge on any atom is -0.462 e. The summed E-state index contributed by atoms with van der Waals surface area (Å²) >= 11 is 1.35. The molecule has 0 N–H and O–H groups in total. The maximum absolute atomic E-state index is 12.4. The summed E-state index contributed by atoms with van der Waals surface area (Å²) in [6.07, 6.45) is 1.41. The number of hydrogen-bond donors (Lipinski definition) is 0. The summed E-state index contributed by atoms with van der Waals surface area (Å²) in [4.78, 5) is 17.4. The first-order chi connectivity index (χ1) is 11.4. The number of carbonyl (C=O) groups is 1. The Labute approximate surface area is 142 Å². The highest BCUT2D eigenvalue weighted by Gasteiger charge is 2.20. The van der Waals surface area contributed by atoms with Gasteiger partial charge in [0.05, 0.1) is 12.2 Å². The third-order valence-electron chi connectivity index (χ3n) is 3.30. The molecule has 4 nitrogen and oxygen atoms in total. The van der Waals surface area contributed by atoms with Gasteiger partial charge in [-0.3, -0.25) is 0 Å². The second-order valence-corrected chi connectivity index (χ2v) is 6.06. The second kappa shape index (κ2) is 8.01. The molecular weight excluding hydrogens is 336 g/mol. The molecular formula is C17H17F2NO3S. The van der Waals surface area contributed by atoms with Crippen LogP contribution in [-0.4, -0.2) is 25.4 Å². The van der Waals surface area contributed by atoms with Gasteiger partial charge in [0.25, 0.3) is 0 Å². The summed E-state index contributed by atoms with van der Waals surface area (Å²) in [6, 6.07) is 6.33. The van der Waals surface area contributed by atoms with Crippen LogP contribution in [0.1, 0.15) is 33.3 Å². The van der Waals surface area contributed by atoms with Crippen LogP contribution >= 0.6 is 11.3 Å². The fourth-order valence-electron chi connectivity index (χ4n) is 2.06. The number of thiophene rings is 1. The van der Waals surface area contributed by atoms with Crippen molar-refractivity contribution in [2.45, 2.75) is 27.4 Å². The highest BCUT2D eigenvalue weighted by molar-refractivity contribution is 7.16. The van der Waals surface area contributed by atoms with Gasteiger partial charge in [0, 0.05) is 16.7 Å². The Kier molecular flexibility index (Phi) is 6.03. The standard InChI is InChI=1S/C17H17F2NO3S/c1-4-22-16(21)14-10(2)11(3)24-15(14)20-9-12-7-5-6-8-13(12)23-17(18)19/h5-9,17H,4H2,1-3H3.